The van der Waals surface area contributed by atoms with Crippen LogP contribution < -0.4 is 15.2 Å². The average Bonchev–Trinajstić information content (AvgIpc) is 2.86. The van der Waals surface area contributed by atoms with Crippen LogP contribution in [0.4, 0.5) is 0 Å². The van der Waals surface area contributed by atoms with E-state index in [1.807, 2.05) is 12.1 Å². The highest BCUT2D eigenvalue weighted by Gasteiger charge is 2.30. The zero-order chi connectivity index (χ0) is 13.1. The maximum absolute atomic E-state index is 5.79. The Morgan fingerprint density at radius 3 is 2.61 bits per heavy atom. The van der Waals surface area contributed by atoms with E-state index in [1.165, 1.54) is 0 Å². The van der Waals surface area contributed by atoms with Gasteiger partial charge in [-0.2, -0.15) is 0 Å². The largest absolute Gasteiger partial charge is 0.493 e. The highest BCUT2D eigenvalue weighted by molar-refractivity contribution is 9.10. The molecule has 100 valence electrons. The number of hydrogen-bond donors (Lipinski definition) is 1. The van der Waals surface area contributed by atoms with Gasteiger partial charge >= 0.3 is 0 Å². The first-order valence-electron chi connectivity index (χ1n) is 5.94. The van der Waals surface area contributed by atoms with Crippen molar-refractivity contribution in [1.82, 2.24) is 0 Å². The van der Waals surface area contributed by atoms with Crippen LogP contribution in [0.3, 0.4) is 0 Å². The van der Waals surface area contributed by atoms with Crippen molar-refractivity contribution in [2.24, 2.45) is 11.7 Å². The van der Waals surface area contributed by atoms with Gasteiger partial charge in [-0.3, -0.25) is 0 Å². The van der Waals surface area contributed by atoms with Crippen molar-refractivity contribution in [2.45, 2.75) is 12.5 Å². The van der Waals surface area contributed by atoms with E-state index in [9.17, 15) is 0 Å². The molecule has 1 aliphatic heterocycles. The number of nitrogens with two attached hydrogens (primary N) is 1. The summed E-state index contributed by atoms with van der Waals surface area (Å²) in [6.45, 7) is 1.39. The number of hydrogen-bond acceptors (Lipinski definition) is 4. The summed E-state index contributed by atoms with van der Waals surface area (Å²) in [5.41, 5.74) is 6.86. The van der Waals surface area contributed by atoms with Crippen molar-refractivity contribution in [3.63, 3.8) is 0 Å². The zero-order valence-corrected chi connectivity index (χ0v) is 12.2. The third-order valence-electron chi connectivity index (χ3n) is 3.33. The van der Waals surface area contributed by atoms with E-state index < -0.39 is 0 Å². The highest BCUT2D eigenvalue weighted by atomic mass is 79.9. The molecule has 1 aromatic rings. The second kappa shape index (κ2) is 5.91. The minimum absolute atomic E-state index is 0.0316. The van der Waals surface area contributed by atoms with Crippen molar-refractivity contribution in [1.29, 1.82) is 0 Å². The SMILES string of the molecule is COc1cc(Br)c(C2OCCC2CN)cc1OC. The molecule has 1 saturated heterocycles. The Morgan fingerprint density at radius 1 is 1.33 bits per heavy atom. The summed E-state index contributed by atoms with van der Waals surface area (Å²) >= 11 is 3.56. The maximum atomic E-state index is 5.79. The Labute approximate surface area is 116 Å². The van der Waals surface area contributed by atoms with Gasteiger partial charge in [-0.25, -0.2) is 0 Å². The molecular weight excluding hydrogens is 298 g/mol. The van der Waals surface area contributed by atoms with E-state index in [0.717, 1.165) is 23.1 Å². The van der Waals surface area contributed by atoms with Crippen LogP contribution in [0.5, 0.6) is 11.5 Å². The first-order chi connectivity index (χ1) is 8.71. The minimum atomic E-state index is 0.0316. The lowest BCUT2D eigenvalue weighted by molar-refractivity contribution is 0.0916. The molecule has 0 aliphatic carbocycles. The molecular formula is C13H18BrNO3. The first-order valence-corrected chi connectivity index (χ1v) is 6.73. The van der Waals surface area contributed by atoms with Gasteiger partial charge in [0.1, 0.15) is 0 Å². The minimum Gasteiger partial charge on any atom is -0.493 e. The van der Waals surface area contributed by atoms with Gasteiger partial charge in [-0.1, -0.05) is 15.9 Å². The number of halogens is 1. The smallest absolute Gasteiger partial charge is 0.161 e. The molecule has 1 heterocycles. The summed E-state index contributed by atoms with van der Waals surface area (Å²) < 4.78 is 17.3. The van der Waals surface area contributed by atoms with Crippen molar-refractivity contribution < 1.29 is 14.2 Å². The summed E-state index contributed by atoms with van der Waals surface area (Å²) in [5, 5.41) is 0. The fourth-order valence-electron chi connectivity index (χ4n) is 2.31. The molecule has 1 aromatic carbocycles. The fraction of sp³-hybridized carbons (Fsp3) is 0.538. The molecule has 2 N–H and O–H groups in total. The van der Waals surface area contributed by atoms with Gasteiger partial charge in [0.25, 0.3) is 0 Å². The Balaban J connectivity index is 2.38. The van der Waals surface area contributed by atoms with Crippen LogP contribution in [-0.2, 0) is 4.74 Å². The van der Waals surface area contributed by atoms with Crippen LogP contribution in [0.15, 0.2) is 16.6 Å². The van der Waals surface area contributed by atoms with Crippen LogP contribution >= 0.6 is 15.9 Å². The van der Waals surface area contributed by atoms with E-state index in [4.69, 9.17) is 19.9 Å². The third kappa shape index (κ3) is 2.48. The first kappa shape index (κ1) is 13.6. The molecule has 2 unspecified atom stereocenters. The second-order valence-electron chi connectivity index (χ2n) is 4.30. The quantitative estimate of drug-likeness (QED) is 0.927. The highest BCUT2D eigenvalue weighted by Crippen LogP contribution is 2.42. The Morgan fingerprint density at radius 2 is 2.00 bits per heavy atom. The van der Waals surface area contributed by atoms with Gasteiger partial charge in [-0.05, 0) is 30.7 Å². The molecule has 0 spiro atoms. The van der Waals surface area contributed by atoms with E-state index in [0.29, 0.717) is 24.0 Å². The van der Waals surface area contributed by atoms with Gasteiger partial charge in [0, 0.05) is 17.0 Å². The number of benzene rings is 1. The Kier molecular flexibility index (Phi) is 4.48. The van der Waals surface area contributed by atoms with E-state index in [1.54, 1.807) is 14.2 Å². The molecule has 1 aliphatic rings. The van der Waals surface area contributed by atoms with Gasteiger partial charge in [0.05, 0.1) is 20.3 Å². The number of ether oxygens (including phenoxy) is 3. The van der Waals surface area contributed by atoms with Crippen molar-refractivity contribution >= 4 is 15.9 Å². The van der Waals surface area contributed by atoms with E-state index >= 15 is 0 Å². The van der Waals surface area contributed by atoms with Crippen LogP contribution in [0.25, 0.3) is 0 Å². The molecule has 0 radical (unpaired) electrons. The number of rotatable bonds is 4. The predicted molar refractivity (Wildman–Crippen MR) is 73.1 cm³/mol. The molecule has 1 fully saturated rings. The topological polar surface area (TPSA) is 53.7 Å². The Hall–Kier alpha value is -0.780. The van der Waals surface area contributed by atoms with Crippen LogP contribution in [-0.4, -0.2) is 27.4 Å². The third-order valence-corrected chi connectivity index (χ3v) is 4.01. The number of methoxy groups -OCH3 is 2. The van der Waals surface area contributed by atoms with Crippen molar-refractivity contribution in [3.8, 4) is 11.5 Å². The zero-order valence-electron chi connectivity index (χ0n) is 10.6. The Bertz CT molecular complexity index is 425. The molecule has 5 heteroatoms. The molecule has 0 saturated carbocycles. The second-order valence-corrected chi connectivity index (χ2v) is 5.16. The molecule has 0 amide bonds. The standard InChI is InChI=1S/C13H18BrNO3/c1-16-11-5-9(10(14)6-12(11)17-2)13-8(7-15)3-4-18-13/h5-6,8,13H,3-4,7,15H2,1-2H3. The molecule has 2 rings (SSSR count). The monoisotopic (exact) mass is 315 g/mol. The average molecular weight is 316 g/mol. The fourth-order valence-corrected chi connectivity index (χ4v) is 2.85. The van der Waals surface area contributed by atoms with Crippen LogP contribution in [0.2, 0.25) is 0 Å². The maximum Gasteiger partial charge on any atom is 0.161 e. The molecule has 0 aromatic heterocycles. The lowest BCUT2D eigenvalue weighted by Gasteiger charge is -2.20. The van der Waals surface area contributed by atoms with Crippen LogP contribution in [0, 0.1) is 5.92 Å². The van der Waals surface area contributed by atoms with Gasteiger partial charge in [0.2, 0.25) is 0 Å². The van der Waals surface area contributed by atoms with Gasteiger partial charge < -0.3 is 19.9 Å². The van der Waals surface area contributed by atoms with Gasteiger partial charge in [-0.15, -0.1) is 0 Å². The molecule has 4 nitrogen and oxygen atoms in total. The van der Waals surface area contributed by atoms with E-state index in [-0.39, 0.29) is 6.10 Å². The normalized spacial score (nSPS) is 23.1. The summed E-state index contributed by atoms with van der Waals surface area (Å²) in [6.07, 6.45) is 1.03. The summed E-state index contributed by atoms with van der Waals surface area (Å²) in [5.74, 6) is 1.77. The van der Waals surface area contributed by atoms with Crippen molar-refractivity contribution in [2.75, 3.05) is 27.4 Å². The van der Waals surface area contributed by atoms with Crippen LogP contribution in [0.1, 0.15) is 18.1 Å². The molecule has 0 bridgehead atoms. The van der Waals surface area contributed by atoms with Gasteiger partial charge in [0.15, 0.2) is 11.5 Å². The lowest BCUT2D eigenvalue weighted by Crippen LogP contribution is -2.18. The summed E-state index contributed by atoms with van der Waals surface area (Å²) in [7, 11) is 3.25. The van der Waals surface area contributed by atoms with E-state index in [2.05, 4.69) is 15.9 Å². The lowest BCUT2D eigenvalue weighted by atomic mass is 9.95. The predicted octanol–water partition coefficient (Wildman–Crippen LogP) is 2.50. The van der Waals surface area contributed by atoms with Crippen molar-refractivity contribution in [3.05, 3.63) is 22.2 Å². The molecule has 18 heavy (non-hydrogen) atoms. The molecule has 2 atom stereocenters. The summed E-state index contributed by atoms with van der Waals surface area (Å²) in [4.78, 5) is 0. The summed E-state index contributed by atoms with van der Waals surface area (Å²) in [6, 6.07) is 3.87.